The summed E-state index contributed by atoms with van der Waals surface area (Å²) < 4.78 is 11.0. The first-order chi connectivity index (χ1) is 39.9. The molecule has 0 radical (unpaired) electrons. The monoisotopic (exact) mass is 1250 g/mol. The molecule has 6 heterocycles. The molecule has 4 fully saturated rings. The second kappa shape index (κ2) is 31.2. The summed E-state index contributed by atoms with van der Waals surface area (Å²) in [6.45, 7) is 12.4. The second-order valence-corrected chi connectivity index (χ2v) is 23.2. The molecule has 4 saturated heterocycles. The van der Waals surface area contributed by atoms with Crippen LogP contribution in [0.3, 0.4) is 0 Å². The number of β-amino-alcohol motifs (C(OH)–C–C–N with tert-alkyl or cyclic N) is 2. The van der Waals surface area contributed by atoms with E-state index >= 15 is 0 Å². The molecule has 6 N–H and O–H groups in total. The van der Waals surface area contributed by atoms with Crippen molar-refractivity contribution in [2.45, 2.75) is 62.8 Å². The Morgan fingerprint density at radius 2 is 1.01 bits per heavy atom. The highest BCUT2D eigenvalue weighted by atomic mass is 35.5. The van der Waals surface area contributed by atoms with Gasteiger partial charge in [0, 0.05) is 100 Å². The lowest BCUT2D eigenvalue weighted by Gasteiger charge is -2.45. The number of benzene rings is 4. The molecule has 452 valence electrons. The fourth-order valence-electron chi connectivity index (χ4n) is 10.9. The van der Waals surface area contributed by atoms with E-state index in [1.807, 2.05) is 77.7 Å². The number of hydrogen-bond acceptors (Lipinski definition) is 15. The summed E-state index contributed by atoms with van der Waals surface area (Å²) >= 11 is 25.7. The third kappa shape index (κ3) is 17.8. The zero-order valence-corrected chi connectivity index (χ0v) is 51.1. The summed E-state index contributed by atoms with van der Waals surface area (Å²) in [4.78, 5) is 43.3. The van der Waals surface area contributed by atoms with Crippen LogP contribution in [0.1, 0.15) is 94.8 Å². The van der Waals surface area contributed by atoms with Gasteiger partial charge in [0.15, 0.2) is 0 Å². The minimum atomic E-state index is -1.28. The number of hydrogen-bond donors (Lipinski definition) is 6. The van der Waals surface area contributed by atoms with E-state index in [0.717, 1.165) is 48.4 Å². The molecule has 0 saturated carbocycles. The van der Waals surface area contributed by atoms with Gasteiger partial charge in [-0.25, -0.2) is 4.79 Å². The predicted molar refractivity (Wildman–Crippen MR) is 333 cm³/mol. The predicted octanol–water partition coefficient (Wildman–Crippen LogP) is 9.79. The van der Waals surface area contributed by atoms with Crippen LogP contribution in [0.5, 0.6) is 11.5 Å². The third-order valence-electron chi connectivity index (χ3n) is 15.2. The minimum Gasteiger partial charge on any atom is -0.491 e. The molecular formula is C62H75Cl5N8O9. The average Bonchev–Trinajstić information content (AvgIpc) is 2.88. The summed E-state index contributed by atoms with van der Waals surface area (Å²) in [7, 11) is 0. The summed E-state index contributed by atoms with van der Waals surface area (Å²) in [5.74, 6) is 0.121. The van der Waals surface area contributed by atoms with Crippen LogP contribution in [0.25, 0.3) is 0 Å². The number of amides is 1. The zero-order chi connectivity index (χ0) is 59.1. The molecule has 6 aromatic rings. The Balaban J connectivity index is 0.000000221. The molecule has 0 spiro atoms. The largest absolute Gasteiger partial charge is 0.491 e. The number of carbonyl (C=O) groups excluding carboxylic acids is 1. The fourth-order valence-corrected chi connectivity index (χ4v) is 11.7. The molecule has 4 aliphatic rings. The van der Waals surface area contributed by atoms with E-state index < -0.39 is 17.2 Å². The van der Waals surface area contributed by atoms with Gasteiger partial charge in [-0.2, -0.15) is 0 Å². The van der Waals surface area contributed by atoms with Gasteiger partial charge in [0.1, 0.15) is 35.9 Å². The zero-order valence-electron chi connectivity index (χ0n) is 47.3. The number of piperazine rings is 2. The molecule has 4 aliphatic heterocycles. The lowest BCUT2D eigenvalue weighted by atomic mass is 9.97. The summed E-state index contributed by atoms with van der Waals surface area (Å²) in [5, 5.41) is 55.6. The summed E-state index contributed by atoms with van der Waals surface area (Å²) in [6.07, 6.45) is 7.69. The number of rotatable bonds is 18. The van der Waals surface area contributed by atoms with Crippen LogP contribution in [0.4, 0.5) is 11.4 Å². The molecule has 10 rings (SSSR count). The number of nitrogens with zero attached hydrogens (tertiary/aromatic N) is 7. The maximum Gasteiger partial charge on any atom is 0.337 e. The number of pyridine rings is 2. The minimum absolute atomic E-state index is 0. The topological polar surface area (TPSA) is 208 Å². The SMILES string of the molecule is C1CCNC1.C[C@@](O)(CN1CCN(c2ccc(OCCO)cc2Cl)[C@H](c2ccc(Cl)cc2)C1)c1ccc(C(=O)N2CCCC2)cn1.C[C@@](O)(CN1CCN(c2ccc(OCCO)cc2Cl)[C@H](c2ccc(Cl)cc2)C1)c1ccc(C(=O)O)cn1.Cl. The van der Waals surface area contributed by atoms with Crippen molar-refractivity contribution in [2.75, 3.05) is 115 Å². The van der Waals surface area contributed by atoms with Gasteiger partial charge in [0.25, 0.3) is 5.91 Å². The van der Waals surface area contributed by atoms with Gasteiger partial charge in [-0.3, -0.25) is 24.6 Å². The Labute approximate surface area is 518 Å². The number of nitrogens with one attached hydrogen (secondary N) is 1. The molecule has 4 atom stereocenters. The molecule has 4 aromatic carbocycles. The van der Waals surface area contributed by atoms with Gasteiger partial charge in [0.05, 0.1) is 69.2 Å². The number of aromatic carboxylic acids is 1. The van der Waals surface area contributed by atoms with Gasteiger partial charge < -0.3 is 55.0 Å². The van der Waals surface area contributed by atoms with Gasteiger partial charge in [0.2, 0.25) is 0 Å². The highest BCUT2D eigenvalue weighted by Gasteiger charge is 2.37. The Morgan fingerprint density at radius 3 is 1.37 bits per heavy atom. The quantitative estimate of drug-likeness (QED) is 0.0473. The first-order valence-electron chi connectivity index (χ1n) is 28.1. The highest BCUT2D eigenvalue weighted by molar-refractivity contribution is 6.34. The molecule has 17 nitrogen and oxygen atoms in total. The summed E-state index contributed by atoms with van der Waals surface area (Å²) in [5.41, 5.74) is 2.93. The van der Waals surface area contributed by atoms with Crippen molar-refractivity contribution in [3.63, 3.8) is 0 Å². The number of aromatic nitrogens is 2. The molecule has 22 heteroatoms. The maximum atomic E-state index is 12.7. The number of aliphatic hydroxyl groups is 4. The van der Waals surface area contributed by atoms with E-state index in [1.165, 1.54) is 38.2 Å². The molecule has 0 bridgehead atoms. The highest BCUT2D eigenvalue weighted by Crippen LogP contribution is 2.40. The van der Waals surface area contributed by atoms with Crippen LogP contribution in [-0.2, 0) is 11.2 Å². The van der Waals surface area contributed by atoms with Gasteiger partial charge >= 0.3 is 5.97 Å². The molecule has 0 unspecified atom stereocenters. The third-order valence-corrected chi connectivity index (χ3v) is 16.3. The van der Waals surface area contributed by atoms with Crippen molar-refractivity contribution < 1.29 is 44.6 Å². The molecule has 0 aliphatic carbocycles. The van der Waals surface area contributed by atoms with Crippen LogP contribution >= 0.6 is 58.8 Å². The van der Waals surface area contributed by atoms with E-state index in [0.29, 0.717) is 101 Å². The molecular weight excluding hydrogens is 1180 g/mol. The number of carboxylic acids is 1. The number of carboxylic acid groups (broad SMARTS) is 1. The van der Waals surface area contributed by atoms with Crippen molar-refractivity contribution in [3.8, 4) is 11.5 Å². The number of carbonyl (C=O) groups is 2. The van der Waals surface area contributed by atoms with E-state index in [1.54, 1.807) is 50.4 Å². The van der Waals surface area contributed by atoms with Gasteiger partial charge in [-0.1, -0.05) is 70.7 Å². The van der Waals surface area contributed by atoms with E-state index in [-0.39, 0.29) is 62.4 Å². The average molecular weight is 1250 g/mol. The normalized spacial score (nSPS) is 18.7. The first-order valence-corrected chi connectivity index (χ1v) is 29.6. The van der Waals surface area contributed by atoms with Crippen molar-refractivity contribution >= 4 is 82.1 Å². The number of anilines is 2. The molecule has 2 aromatic heterocycles. The van der Waals surface area contributed by atoms with E-state index in [4.69, 9.17) is 71.2 Å². The van der Waals surface area contributed by atoms with Gasteiger partial charge in [-0.15, -0.1) is 12.4 Å². The van der Waals surface area contributed by atoms with Crippen LogP contribution in [0, 0.1) is 0 Å². The standard InChI is InChI=1S/C31H36Cl2N4O4.C27H29Cl2N3O5.C4H9N.ClH/c1-31(40,29-11-6-23(19-34-29)30(39)36-12-2-3-13-36)21-35-14-15-37(28(20-35)22-4-7-24(32)8-5-22)27-10-9-25(18-26(27)33)41-17-16-38;1-27(36,25-9-4-19(15-30-25)26(34)35)17-31-10-11-32(24(16-31)18-2-5-20(28)6-3-18)23-8-7-21(14-22(23)29)37-13-12-33;1-2-4-5-3-1;/h4-11,18-19,28,38,40H,2-3,12-17,20-21H2,1H3;2-9,14-15,24,33,36H,10-13,16-17H2,1H3,(H,34,35);5H,1-4H2;1H/t28-,31+;24-,27+;;/m00../s1. The lowest BCUT2D eigenvalue weighted by molar-refractivity contribution is 0.00642. The number of ether oxygens (including phenoxy) is 2. The number of halogens is 5. The Bertz CT molecular complexity index is 3040. The fraction of sp³-hybridized carbons (Fsp3) is 0.419. The van der Waals surface area contributed by atoms with Crippen molar-refractivity contribution in [2.24, 2.45) is 0 Å². The van der Waals surface area contributed by atoms with Gasteiger partial charge in [-0.05, 0) is 137 Å². The number of aliphatic hydroxyl groups excluding tert-OH is 2. The van der Waals surface area contributed by atoms with Crippen LogP contribution in [-0.4, -0.2) is 167 Å². The molecule has 84 heavy (non-hydrogen) atoms. The van der Waals surface area contributed by atoms with Crippen LogP contribution < -0.4 is 24.6 Å². The Kier molecular flexibility index (Phi) is 24.5. The van der Waals surface area contributed by atoms with Crippen molar-refractivity contribution in [3.05, 3.63) is 175 Å². The Hall–Kier alpha value is -5.51. The Morgan fingerprint density at radius 1 is 0.583 bits per heavy atom. The lowest BCUT2D eigenvalue weighted by Crippen LogP contribution is -2.52. The maximum absolute atomic E-state index is 12.7. The van der Waals surface area contributed by atoms with E-state index in [9.17, 15) is 19.8 Å². The number of likely N-dealkylation sites (tertiary alicyclic amines) is 1. The smallest absolute Gasteiger partial charge is 0.337 e. The molecule has 1 amide bonds. The first kappa shape index (κ1) is 66.0. The second-order valence-electron chi connectivity index (χ2n) is 21.5. The van der Waals surface area contributed by atoms with Crippen molar-refractivity contribution in [1.29, 1.82) is 0 Å². The van der Waals surface area contributed by atoms with E-state index in [2.05, 4.69) is 34.9 Å². The van der Waals surface area contributed by atoms with Crippen molar-refractivity contribution in [1.82, 2.24) is 30.0 Å². The summed E-state index contributed by atoms with van der Waals surface area (Å²) in [6, 6.07) is 32.9. The van der Waals surface area contributed by atoms with Crippen LogP contribution in [0.15, 0.2) is 122 Å². The van der Waals surface area contributed by atoms with Crippen LogP contribution in [0.2, 0.25) is 20.1 Å².